The van der Waals surface area contributed by atoms with Crippen molar-refractivity contribution in [1.29, 1.82) is 0 Å². The fourth-order valence-corrected chi connectivity index (χ4v) is 6.36. The van der Waals surface area contributed by atoms with Gasteiger partial charge in [-0.05, 0) is 53.9 Å². The summed E-state index contributed by atoms with van der Waals surface area (Å²) in [5.41, 5.74) is 4.66. The van der Waals surface area contributed by atoms with Crippen LogP contribution in [0.4, 0.5) is 16.2 Å². The third-order valence-corrected chi connectivity index (χ3v) is 8.94. The molecular weight excluding hydrogens is 616 g/mol. The Kier molecular flexibility index (Phi) is 10.5. The Morgan fingerprint density at radius 1 is 0.909 bits per heavy atom. The number of aryl methyl sites for hydroxylation is 1. The normalized spacial score (nSPS) is 11.5. The topological polar surface area (TPSA) is 109 Å². The number of nitrogens with one attached hydrogen (secondary N) is 3. The highest BCUT2D eigenvalue weighted by Crippen LogP contribution is 2.31. The number of thiazole rings is 1. The maximum Gasteiger partial charge on any atom is 0.408 e. The van der Waals surface area contributed by atoms with E-state index in [1.807, 2.05) is 85.8 Å². The minimum atomic E-state index is -0.870. The summed E-state index contributed by atoms with van der Waals surface area (Å²) < 4.78 is 6.95. The lowest BCUT2D eigenvalue weighted by atomic mass is 10.1. The molecule has 0 aliphatic rings. The molecule has 5 aromatic rings. The molecule has 0 fully saturated rings. The zero-order chi connectivity index (χ0) is 30.9. The number of halogens is 1. The van der Waals surface area contributed by atoms with E-state index in [-0.39, 0.29) is 30.6 Å². The Hall–Kier alpha value is -4.38. The second-order valence-electron chi connectivity index (χ2n) is 9.90. The van der Waals surface area contributed by atoms with E-state index in [4.69, 9.17) is 16.3 Å². The summed E-state index contributed by atoms with van der Waals surface area (Å²) in [5, 5.41) is 9.08. The molecule has 0 aliphatic carbocycles. The number of hydrogen-bond acceptors (Lipinski definition) is 7. The molecule has 0 radical (unpaired) electrons. The quantitative estimate of drug-likeness (QED) is 0.129. The van der Waals surface area contributed by atoms with Crippen molar-refractivity contribution < 1.29 is 19.1 Å². The van der Waals surface area contributed by atoms with Crippen LogP contribution in [0.1, 0.15) is 16.7 Å². The molecule has 3 amide bonds. The number of benzene rings is 4. The van der Waals surface area contributed by atoms with Crippen molar-refractivity contribution in [1.82, 2.24) is 10.3 Å². The van der Waals surface area contributed by atoms with Gasteiger partial charge in [-0.25, -0.2) is 9.78 Å². The molecule has 11 heteroatoms. The summed E-state index contributed by atoms with van der Waals surface area (Å²) >= 11 is 8.82. The van der Waals surface area contributed by atoms with Gasteiger partial charge in [0.2, 0.25) is 11.8 Å². The van der Waals surface area contributed by atoms with Gasteiger partial charge in [-0.3, -0.25) is 9.59 Å². The second-order valence-corrected chi connectivity index (χ2v) is 12.6. The smallest absolute Gasteiger partial charge is 0.408 e. The van der Waals surface area contributed by atoms with Gasteiger partial charge in [0.25, 0.3) is 0 Å². The number of carbonyl (C=O) groups is 3. The molecule has 3 N–H and O–H groups in total. The number of thioether (sulfide) groups is 1. The third-order valence-electron chi connectivity index (χ3n) is 6.54. The largest absolute Gasteiger partial charge is 0.445 e. The number of hydrogen-bond donors (Lipinski definition) is 3. The molecule has 1 heterocycles. The highest BCUT2D eigenvalue weighted by molar-refractivity contribution is 8.01. The molecule has 1 atom stereocenters. The fourth-order valence-electron chi connectivity index (χ4n) is 4.28. The number of rotatable bonds is 11. The number of amides is 3. The number of alkyl carbamates (subject to hydrolysis) is 1. The van der Waals surface area contributed by atoms with Crippen LogP contribution in [0.25, 0.3) is 10.2 Å². The van der Waals surface area contributed by atoms with Crippen molar-refractivity contribution >= 4 is 74.2 Å². The van der Waals surface area contributed by atoms with Crippen molar-refractivity contribution in [2.75, 3.05) is 16.4 Å². The summed E-state index contributed by atoms with van der Waals surface area (Å²) in [5.74, 6) is -0.355. The number of aromatic nitrogens is 1. The highest BCUT2D eigenvalue weighted by Gasteiger charge is 2.23. The van der Waals surface area contributed by atoms with Crippen LogP contribution in [0.2, 0.25) is 5.02 Å². The third kappa shape index (κ3) is 8.82. The summed E-state index contributed by atoms with van der Waals surface area (Å²) in [6.45, 7) is 2.00. The van der Waals surface area contributed by atoms with Gasteiger partial charge in [-0.2, -0.15) is 0 Å². The van der Waals surface area contributed by atoms with E-state index in [0.717, 1.165) is 31.2 Å². The predicted octanol–water partition coefficient (Wildman–Crippen LogP) is 7.47. The Balaban J connectivity index is 1.21. The monoisotopic (exact) mass is 644 g/mol. The molecule has 0 saturated carbocycles. The van der Waals surface area contributed by atoms with E-state index in [1.54, 1.807) is 18.2 Å². The maximum atomic E-state index is 13.4. The van der Waals surface area contributed by atoms with Crippen LogP contribution in [-0.2, 0) is 27.4 Å². The Labute approximate surface area is 268 Å². The zero-order valence-electron chi connectivity index (χ0n) is 23.7. The van der Waals surface area contributed by atoms with E-state index in [9.17, 15) is 14.4 Å². The van der Waals surface area contributed by atoms with Crippen LogP contribution in [0.3, 0.4) is 0 Å². The van der Waals surface area contributed by atoms with Gasteiger partial charge < -0.3 is 20.7 Å². The number of anilines is 2. The summed E-state index contributed by atoms with van der Waals surface area (Å²) in [6, 6.07) is 28.7. The molecular formula is C33H29ClN4O4S2. The number of carbonyl (C=O) groups excluding carboxylic acids is 3. The predicted molar refractivity (Wildman–Crippen MR) is 177 cm³/mol. The molecule has 0 unspecified atom stereocenters. The first-order valence-corrected chi connectivity index (χ1v) is 15.9. The van der Waals surface area contributed by atoms with Gasteiger partial charge >= 0.3 is 6.09 Å². The van der Waals surface area contributed by atoms with Crippen molar-refractivity contribution in [3.8, 4) is 0 Å². The van der Waals surface area contributed by atoms with Crippen molar-refractivity contribution in [2.24, 2.45) is 0 Å². The summed E-state index contributed by atoms with van der Waals surface area (Å²) in [6.07, 6.45) is -0.396. The van der Waals surface area contributed by atoms with Gasteiger partial charge in [-0.1, -0.05) is 90.1 Å². The van der Waals surface area contributed by atoms with Crippen LogP contribution in [0.15, 0.2) is 101 Å². The molecule has 224 valence electrons. The van der Waals surface area contributed by atoms with Crippen LogP contribution in [0, 0.1) is 6.92 Å². The van der Waals surface area contributed by atoms with E-state index < -0.39 is 12.1 Å². The fraction of sp³-hybridized carbons (Fsp3) is 0.152. The van der Waals surface area contributed by atoms with Gasteiger partial charge in [-0.15, -0.1) is 11.3 Å². The molecule has 0 spiro atoms. The molecule has 0 aliphatic heterocycles. The average Bonchev–Trinajstić information content (AvgIpc) is 3.44. The van der Waals surface area contributed by atoms with Crippen LogP contribution in [-0.4, -0.2) is 34.7 Å². The SMILES string of the molecule is Cc1ccc(Cl)cc1NC(=O)CSc1nc2ccc(NC(=O)[C@@H](Cc3ccccc3)NC(=O)OCc3ccccc3)cc2s1. The lowest BCUT2D eigenvalue weighted by Gasteiger charge is -2.18. The van der Waals surface area contributed by atoms with Crippen LogP contribution in [0.5, 0.6) is 0 Å². The molecule has 4 aromatic carbocycles. The van der Waals surface area contributed by atoms with Gasteiger partial charge in [0, 0.05) is 22.8 Å². The Morgan fingerprint density at radius 2 is 1.64 bits per heavy atom. The maximum absolute atomic E-state index is 13.4. The van der Waals surface area contributed by atoms with Gasteiger partial charge in [0.15, 0.2) is 4.34 Å². The molecule has 0 saturated heterocycles. The minimum absolute atomic E-state index is 0.0939. The van der Waals surface area contributed by atoms with Crippen molar-refractivity contribution in [3.05, 3.63) is 119 Å². The number of nitrogens with zero attached hydrogens (tertiary/aromatic N) is 1. The van der Waals surface area contributed by atoms with Gasteiger partial charge in [0.1, 0.15) is 12.6 Å². The van der Waals surface area contributed by atoms with E-state index in [2.05, 4.69) is 20.9 Å². The van der Waals surface area contributed by atoms with Crippen LogP contribution >= 0.6 is 34.7 Å². The molecule has 0 bridgehead atoms. The van der Waals surface area contributed by atoms with E-state index in [0.29, 0.717) is 16.4 Å². The summed E-state index contributed by atoms with van der Waals surface area (Å²) in [4.78, 5) is 43.2. The number of fused-ring (bicyclic) bond motifs is 1. The van der Waals surface area contributed by atoms with E-state index >= 15 is 0 Å². The highest BCUT2D eigenvalue weighted by atomic mass is 35.5. The molecule has 1 aromatic heterocycles. The summed E-state index contributed by atoms with van der Waals surface area (Å²) in [7, 11) is 0. The van der Waals surface area contributed by atoms with Crippen LogP contribution < -0.4 is 16.0 Å². The molecule has 8 nitrogen and oxygen atoms in total. The molecule has 44 heavy (non-hydrogen) atoms. The first-order valence-electron chi connectivity index (χ1n) is 13.7. The Morgan fingerprint density at radius 3 is 2.39 bits per heavy atom. The average molecular weight is 645 g/mol. The first kappa shape index (κ1) is 31.1. The van der Waals surface area contributed by atoms with Crippen molar-refractivity contribution in [2.45, 2.75) is 30.3 Å². The number of ether oxygens (including phenoxy) is 1. The lowest BCUT2D eigenvalue weighted by Crippen LogP contribution is -2.45. The lowest BCUT2D eigenvalue weighted by molar-refractivity contribution is -0.118. The van der Waals surface area contributed by atoms with E-state index in [1.165, 1.54) is 23.1 Å². The first-order chi connectivity index (χ1) is 21.3. The van der Waals surface area contributed by atoms with Gasteiger partial charge in [0.05, 0.1) is 16.0 Å². The molecule has 5 rings (SSSR count). The van der Waals surface area contributed by atoms with Crippen molar-refractivity contribution in [3.63, 3.8) is 0 Å². The Bertz CT molecular complexity index is 1770. The second kappa shape index (κ2) is 14.9. The minimum Gasteiger partial charge on any atom is -0.445 e. The zero-order valence-corrected chi connectivity index (χ0v) is 26.1. The standard InChI is InChI=1S/C33H29ClN4O4S2/c1-21-12-13-24(34)17-27(21)36-30(39)20-43-33-38-26-15-14-25(18-29(26)44-33)35-31(40)28(16-22-8-4-2-5-9-22)37-32(41)42-19-23-10-6-3-7-11-23/h2-15,17-18,28H,16,19-20H2,1H3,(H,35,40)(H,36,39)(H,37,41)/t28-/m1/s1.